The van der Waals surface area contributed by atoms with Gasteiger partial charge in [-0.2, -0.15) is 0 Å². The maximum atomic E-state index is 11.6. The molecule has 0 spiro atoms. The Morgan fingerprint density at radius 3 is 3.15 bits per heavy atom. The minimum Gasteiger partial charge on any atom is -0.391 e. The van der Waals surface area contributed by atoms with E-state index in [9.17, 15) is 9.90 Å². The summed E-state index contributed by atoms with van der Waals surface area (Å²) in [6, 6.07) is 0. The average molecular weight is 199 g/mol. The second-order valence-corrected chi connectivity index (χ2v) is 3.59. The Labute approximate surface area is 79.2 Å². The van der Waals surface area contributed by atoms with E-state index in [0.717, 1.165) is 11.5 Å². The summed E-state index contributed by atoms with van der Waals surface area (Å²) < 4.78 is 3.62. The predicted octanol–water partition coefficient (Wildman–Crippen LogP) is -0.255. The maximum absolute atomic E-state index is 11.6. The van der Waals surface area contributed by atoms with E-state index in [1.54, 1.807) is 10.3 Å². The molecule has 1 N–H and O–H groups in total. The fraction of sp³-hybridized carbons (Fsp3) is 0.571. The van der Waals surface area contributed by atoms with Crippen molar-refractivity contribution in [3.05, 3.63) is 11.1 Å². The minimum atomic E-state index is -0.379. The number of aliphatic hydroxyl groups is 1. The number of hydrogen-bond donors (Lipinski definition) is 1. The zero-order chi connectivity index (χ0) is 9.26. The highest BCUT2D eigenvalue weighted by Crippen LogP contribution is 2.12. The van der Waals surface area contributed by atoms with Crippen molar-refractivity contribution >= 4 is 17.4 Å². The van der Waals surface area contributed by atoms with E-state index in [0.29, 0.717) is 25.2 Å². The van der Waals surface area contributed by atoms with Crippen LogP contribution in [0.4, 0.5) is 0 Å². The van der Waals surface area contributed by atoms with Gasteiger partial charge in [-0.15, -0.1) is 5.10 Å². The van der Waals surface area contributed by atoms with Crippen LogP contribution in [-0.2, 0) is 0 Å². The number of amides is 1. The Hall–Kier alpha value is -1.01. The molecular formula is C7H9N3O2S. The molecule has 2 heterocycles. The number of aliphatic hydroxyl groups excluding tert-OH is 1. The molecule has 6 heteroatoms. The van der Waals surface area contributed by atoms with Gasteiger partial charge in [0.1, 0.15) is 0 Å². The first kappa shape index (κ1) is 8.58. The molecule has 1 atom stereocenters. The Balaban J connectivity index is 2.06. The molecule has 1 aromatic heterocycles. The van der Waals surface area contributed by atoms with Gasteiger partial charge in [0.25, 0.3) is 5.91 Å². The van der Waals surface area contributed by atoms with E-state index >= 15 is 0 Å². The topological polar surface area (TPSA) is 66.3 Å². The lowest BCUT2D eigenvalue weighted by Crippen LogP contribution is -2.29. The molecular weight excluding hydrogens is 190 g/mol. The van der Waals surface area contributed by atoms with Gasteiger partial charge in [-0.05, 0) is 18.0 Å². The quantitative estimate of drug-likeness (QED) is 0.677. The van der Waals surface area contributed by atoms with E-state index in [4.69, 9.17) is 0 Å². The van der Waals surface area contributed by atoms with E-state index < -0.39 is 0 Å². The van der Waals surface area contributed by atoms with Crippen molar-refractivity contribution in [2.24, 2.45) is 0 Å². The van der Waals surface area contributed by atoms with Crippen molar-refractivity contribution in [2.45, 2.75) is 12.5 Å². The molecule has 13 heavy (non-hydrogen) atoms. The molecule has 1 saturated heterocycles. The van der Waals surface area contributed by atoms with Crippen molar-refractivity contribution in [3.8, 4) is 0 Å². The highest BCUT2D eigenvalue weighted by molar-refractivity contribution is 7.03. The second-order valence-electron chi connectivity index (χ2n) is 2.98. The molecule has 0 aromatic carbocycles. The Morgan fingerprint density at radius 2 is 2.62 bits per heavy atom. The van der Waals surface area contributed by atoms with Gasteiger partial charge in [0.15, 0.2) is 5.69 Å². The standard InChI is InChI=1S/C7H9N3O2S/c11-5-1-2-10(3-5)7(12)6-4-13-9-8-6/h4-5,11H,1-3H2. The van der Waals surface area contributed by atoms with Gasteiger partial charge >= 0.3 is 0 Å². The van der Waals surface area contributed by atoms with Crippen LogP contribution in [0, 0.1) is 0 Å². The summed E-state index contributed by atoms with van der Waals surface area (Å²) in [5.74, 6) is -0.134. The second kappa shape index (κ2) is 3.39. The molecule has 1 unspecified atom stereocenters. The summed E-state index contributed by atoms with van der Waals surface area (Å²) in [6.45, 7) is 1.02. The van der Waals surface area contributed by atoms with Crippen molar-refractivity contribution in [3.63, 3.8) is 0 Å². The summed E-state index contributed by atoms with van der Waals surface area (Å²) in [5.41, 5.74) is 0.374. The van der Waals surface area contributed by atoms with Crippen LogP contribution in [0.1, 0.15) is 16.9 Å². The number of hydrogen-bond acceptors (Lipinski definition) is 5. The molecule has 0 aliphatic carbocycles. The van der Waals surface area contributed by atoms with Crippen LogP contribution in [0.2, 0.25) is 0 Å². The predicted molar refractivity (Wildman–Crippen MR) is 46.4 cm³/mol. The highest BCUT2D eigenvalue weighted by atomic mass is 32.1. The van der Waals surface area contributed by atoms with Crippen LogP contribution < -0.4 is 0 Å². The largest absolute Gasteiger partial charge is 0.391 e. The molecule has 0 saturated carbocycles. The van der Waals surface area contributed by atoms with Crippen molar-refractivity contribution < 1.29 is 9.90 Å². The smallest absolute Gasteiger partial charge is 0.275 e. The van der Waals surface area contributed by atoms with Gasteiger partial charge in [-0.25, -0.2) is 0 Å². The number of nitrogens with zero attached hydrogens (tertiary/aromatic N) is 3. The molecule has 1 fully saturated rings. The lowest BCUT2D eigenvalue weighted by Gasteiger charge is -2.12. The number of carbonyl (C=O) groups is 1. The Kier molecular flexibility index (Phi) is 2.24. The van der Waals surface area contributed by atoms with E-state index in [2.05, 4.69) is 9.59 Å². The number of aromatic nitrogens is 2. The van der Waals surface area contributed by atoms with Crippen LogP contribution in [0.3, 0.4) is 0 Å². The van der Waals surface area contributed by atoms with E-state index in [-0.39, 0.29) is 12.0 Å². The third-order valence-electron chi connectivity index (χ3n) is 2.03. The number of likely N-dealkylation sites (tertiary alicyclic amines) is 1. The van der Waals surface area contributed by atoms with Gasteiger partial charge in [-0.3, -0.25) is 4.79 Å². The number of β-amino-alcohol motifs (C(OH)–C–C–N with tert-alkyl or cyclic N) is 1. The number of rotatable bonds is 1. The summed E-state index contributed by atoms with van der Waals surface area (Å²) in [5, 5.41) is 14.5. The SMILES string of the molecule is O=C(c1csnn1)N1CCC(O)C1. The first-order chi connectivity index (χ1) is 6.27. The number of carbonyl (C=O) groups excluding carboxylic acids is 1. The Bertz CT molecular complexity index is 301. The Morgan fingerprint density at radius 1 is 1.77 bits per heavy atom. The molecule has 1 aromatic rings. The molecule has 5 nitrogen and oxygen atoms in total. The summed E-state index contributed by atoms with van der Waals surface area (Å²) in [7, 11) is 0. The van der Waals surface area contributed by atoms with Crippen molar-refractivity contribution in [1.29, 1.82) is 0 Å². The molecule has 70 valence electrons. The third-order valence-corrected chi connectivity index (χ3v) is 2.53. The minimum absolute atomic E-state index is 0.134. The van der Waals surface area contributed by atoms with Crippen LogP contribution in [0.5, 0.6) is 0 Å². The van der Waals surface area contributed by atoms with Crippen LogP contribution in [0.25, 0.3) is 0 Å². The third kappa shape index (κ3) is 1.68. The summed E-state index contributed by atoms with van der Waals surface area (Å²) >= 11 is 1.16. The normalized spacial score (nSPS) is 22.2. The van der Waals surface area contributed by atoms with Crippen molar-refractivity contribution in [2.75, 3.05) is 13.1 Å². The lowest BCUT2D eigenvalue weighted by molar-refractivity contribution is 0.0759. The average Bonchev–Trinajstić information content (AvgIpc) is 2.72. The molecule has 2 rings (SSSR count). The van der Waals surface area contributed by atoms with Crippen LogP contribution in [-0.4, -0.2) is 44.7 Å². The van der Waals surface area contributed by atoms with Gasteiger partial charge in [0, 0.05) is 18.5 Å². The summed E-state index contributed by atoms with van der Waals surface area (Å²) in [6.07, 6.45) is 0.277. The van der Waals surface area contributed by atoms with Crippen LogP contribution >= 0.6 is 11.5 Å². The monoisotopic (exact) mass is 199 g/mol. The van der Waals surface area contributed by atoms with Gasteiger partial charge in [-0.1, -0.05) is 4.49 Å². The van der Waals surface area contributed by atoms with Crippen LogP contribution in [0.15, 0.2) is 5.38 Å². The van der Waals surface area contributed by atoms with E-state index in [1.807, 2.05) is 0 Å². The van der Waals surface area contributed by atoms with Crippen molar-refractivity contribution in [1.82, 2.24) is 14.5 Å². The van der Waals surface area contributed by atoms with Gasteiger partial charge in [0.2, 0.25) is 0 Å². The maximum Gasteiger partial charge on any atom is 0.275 e. The zero-order valence-corrected chi connectivity index (χ0v) is 7.70. The molecule has 0 bridgehead atoms. The molecule has 0 radical (unpaired) electrons. The fourth-order valence-electron chi connectivity index (χ4n) is 1.35. The van der Waals surface area contributed by atoms with E-state index in [1.165, 1.54) is 0 Å². The first-order valence-electron chi connectivity index (χ1n) is 4.02. The summed E-state index contributed by atoms with van der Waals surface area (Å²) in [4.78, 5) is 13.2. The molecule has 1 amide bonds. The zero-order valence-electron chi connectivity index (χ0n) is 6.88. The highest BCUT2D eigenvalue weighted by Gasteiger charge is 2.26. The van der Waals surface area contributed by atoms with Gasteiger partial charge < -0.3 is 10.0 Å². The first-order valence-corrected chi connectivity index (χ1v) is 4.85. The molecule has 1 aliphatic rings. The lowest BCUT2D eigenvalue weighted by atomic mass is 10.3. The molecule has 1 aliphatic heterocycles. The van der Waals surface area contributed by atoms with Gasteiger partial charge in [0.05, 0.1) is 6.10 Å². The fourth-order valence-corrected chi connectivity index (χ4v) is 1.78.